The van der Waals surface area contributed by atoms with E-state index in [1.165, 1.54) is 12.9 Å². The third-order valence-electron chi connectivity index (χ3n) is 2.25. The normalized spacial score (nSPS) is 10.2. The van der Waals surface area contributed by atoms with Gasteiger partial charge in [0.25, 0.3) is 0 Å². The molecule has 0 saturated carbocycles. The number of ether oxygens (including phenoxy) is 1. The highest BCUT2D eigenvalue weighted by Gasteiger charge is 2.04. The van der Waals surface area contributed by atoms with Gasteiger partial charge in [0.15, 0.2) is 0 Å². The molecular weight excluding hydrogens is 236 g/mol. The van der Waals surface area contributed by atoms with Gasteiger partial charge in [-0.1, -0.05) is 0 Å². The van der Waals surface area contributed by atoms with Gasteiger partial charge in [-0.2, -0.15) is 11.8 Å². The van der Waals surface area contributed by atoms with Crippen molar-refractivity contribution >= 4 is 17.7 Å². The lowest BCUT2D eigenvalue weighted by molar-refractivity contribution is 0.0600. The predicted molar refractivity (Wildman–Crippen MR) is 70.3 cm³/mol. The number of thioether (sulfide) groups is 1. The molecule has 0 aliphatic carbocycles. The van der Waals surface area contributed by atoms with E-state index in [2.05, 4.69) is 21.3 Å². The summed E-state index contributed by atoms with van der Waals surface area (Å²) in [6, 6.07) is 3.57. The number of methoxy groups -OCH3 is 1. The number of nitrogens with zero attached hydrogens (tertiary/aromatic N) is 1. The van der Waals surface area contributed by atoms with E-state index in [1.54, 1.807) is 12.3 Å². The van der Waals surface area contributed by atoms with Gasteiger partial charge in [-0.05, 0) is 37.1 Å². The summed E-state index contributed by atoms with van der Waals surface area (Å²) in [5, 5.41) is 3.31. The standard InChI is InChI=1S/C12H18N2O2S/c1-16-12(15)10-4-5-11(14-8-10)9-13-6-3-7-17-2/h4-5,8,13H,3,6-7,9H2,1-2H3. The van der Waals surface area contributed by atoms with Crippen molar-refractivity contribution in [2.45, 2.75) is 13.0 Å². The second-order valence-electron chi connectivity index (χ2n) is 3.55. The zero-order valence-electron chi connectivity index (χ0n) is 10.2. The molecule has 1 heterocycles. The lowest BCUT2D eigenvalue weighted by Gasteiger charge is -2.04. The van der Waals surface area contributed by atoms with Crippen LogP contribution in [-0.4, -0.2) is 36.6 Å². The molecule has 4 nitrogen and oxygen atoms in total. The van der Waals surface area contributed by atoms with Crippen LogP contribution in [0, 0.1) is 0 Å². The molecule has 0 bridgehead atoms. The molecule has 0 radical (unpaired) electrons. The highest BCUT2D eigenvalue weighted by molar-refractivity contribution is 7.98. The van der Waals surface area contributed by atoms with E-state index in [1.807, 2.05) is 17.8 Å². The second kappa shape index (κ2) is 8.08. The maximum absolute atomic E-state index is 11.2. The van der Waals surface area contributed by atoms with Crippen LogP contribution >= 0.6 is 11.8 Å². The topological polar surface area (TPSA) is 51.2 Å². The van der Waals surface area contributed by atoms with Crippen LogP contribution in [0.25, 0.3) is 0 Å². The van der Waals surface area contributed by atoms with Crippen molar-refractivity contribution in [3.63, 3.8) is 0 Å². The molecule has 0 unspecified atom stereocenters. The summed E-state index contributed by atoms with van der Waals surface area (Å²) in [7, 11) is 1.36. The van der Waals surface area contributed by atoms with Crippen molar-refractivity contribution in [2.75, 3.05) is 25.7 Å². The molecule has 1 aromatic rings. The van der Waals surface area contributed by atoms with Crippen molar-refractivity contribution in [3.8, 4) is 0 Å². The Balaban J connectivity index is 2.33. The minimum atomic E-state index is -0.350. The Morgan fingerprint density at radius 3 is 2.94 bits per heavy atom. The molecule has 0 fully saturated rings. The zero-order chi connectivity index (χ0) is 12.5. The summed E-state index contributed by atoms with van der Waals surface area (Å²) in [5.74, 6) is 0.818. The minimum absolute atomic E-state index is 0.350. The average molecular weight is 254 g/mol. The van der Waals surface area contributed by atoms with E-state index in [0.717, 1.165) is 25.2 Å². The van der Waals surface area contributed by atoms with Gasteiger partial charge in [0, 0.05) is 12.7 Å². The number of rotatable bonds is 7. The zero-order valence-corrected chi connectivity index (χ0v) is 11.0. The molecular formula is C12H18N2O2S. The van der Waals surface area contributed by atoms with E-state index >= 15 is 0 Å². The molecule has 0 aliphatic rings. The Morgan fingerprint density at radius 1 is 1.53 bits per heavy atom. The highest BCUT2D eigenvalue weighted by atomic mass is 32.2. The first-order chi connectivity index (χ1) is 8.27. The van der Waals surface area contributed by atoms with Gasteiger partial charge >= 0.3 is 5.97 Å². The summed E-state index contributed by atoms with van der Waals surface area (Å²) in [6.07, 6.45) is 4.80. The Kier molecular flexibility index (Phi) is 6.65. The maximum Gasteiger partial charge on any atom is 0.339 e. The van der Waals surface area contributed by atoms with Crippen molar-refractivity contribution < 1.29 is 9.53 Å². The smallest absolute Gasteiger partial charge is 0.339 e. The third kappa shape index (κ3) is 5.19. The van der Waals surface area contributed by atoms with Gasteiger partial charge in [-0.25, -0.2) is 4.79 Å². The molecule has 5 heteroatoms. The fourth-order valence-corrected chi connectivity index (χ4v) is 1.76. The van der Waals surface area contributed by atoms with E-state index < -0.39 is 0 Å². The first kappa shape index (κ1) is 14.0. The molecule has 1 N–H and O–H groups in total. The summed E-state index contributed by atoms with van der Waals surface area (Å²) >= 11 is 1.85. The monoisotopic (exact) mass is 254 g/mol. The second-order valence-corrected chi connectivity index (χ2v) is 4.54. The van der Waals surface area contributed by atoms with Crippen molar-refractivity contribution in [3.05, 3.63) is 29.6 Å². The fourth-order valence-electron chi connectivity index (χ4n) is 1.33. The maximum atomic E-state index is 11.2. The van der Waals surface area contributed by atoms with Crippen LogP contribution in [-0.2, 0) is 11.3 Å². The van der Waals surface area contributed by atoms with Crippen LogP contribution in [0.5, 0.6) is 0 Å². The van der Waals surface area contributed by atoms with Crippen LogP contribution in [0.2, 0.25) is 0 Å². The van der Waals surface area contributed by atoms with Crippen LogP contribution < -0.4 is 5.32 Å². The fraction of sp³-hybridized carbons (Fsp3) is 0.500. The Morgan fingerprint density at radius 2 is 2.35 bits per heavy atom. The minimum Gasteiger partial charge on any atom is -0.465 e. The van der Waals surface area contributed by atoms with Crippen LogP contribution in [0.15, 0.2) is 18.3 Å². The first-order valence-electron chi connectivity index (χ1n) is 5.51. The van der Waals surface area contributed by atoms with Crippen molar-refractivity contribution in [1.29, 1.82) is 0 Å². The lowest BCUT2D eigenvalue weighted by atomic mass is 10.2. The first-order valence-corrected chi connectivity index (χ1v) is 6.90. The highest BCUT2D eigenvalue weighted by Crippen LogP contribution is 2.02. The largest absolute Gasteiger partial charge is 0.465 e. The van der Waals surface area contributed by atoms with Crippen molar-refractivity contribution in [2.24, 2.45) is 0 Å². The van der Waals surface area contributed by atoms with E-state index in [9.17, 15) is 4.79 Å². The third-order valence-corrected chi connectivity index (χ3v) is 2.95. The number of esters is 1. The number of nitrogens with one attached hydrogen (secondary N) is 1. The van der Waals surface area contributed by atoms with E-state index in [4.69, 9.17) is 0 Å². The molecule has 17 heavy (non-hydrogen) atoms. The Hall–Kier alpha value is -1.07. The summed E-state index contributed by atoms with van der Waals surface area (Å²) in [6.45, 7) is 1.72. The van der Waals surface area contributed by atoms with Crippen LogP contribution in [0.4, 0.5) is 0 Å². The summed E-state index contributed by atoms with van der Waals surface area (Å²) in [5.41, 5.74) is 1.42. The number of aromatic nitrogens is 1. The molecule has 0 saturated heterocycles. The number of carbonyl (C=O) groups is 1. The molecule has 94 valence electrons. The molecule has 0 spiro atoms. The van der Waals surface area contributed by atoms with Gasteiger partial charge in [-0.3, -0.25) is 4.98 Å². The van der Waals surface area contributed by atoms with Gasteiger partial charge in [0.1, 0.15) is 0 Å². The Bertz CT molecular complexity index is 341. The molecule has 0 aliphatic heterocycles. The number of hydrogen-bond donors (Lipinski definition) is 1. The van der Waals surface area contributed by atoms with E-state index in [0.29, 0.717) is 5.56 Å². The molecule has 1 rings (SSSR count). The molecule has 1 aromatic heterocycles. The van der Waals surface area contributed by atoms with Crippen molar-refractivity contribution in [1.82, 2.24) is 10.3 Å². The van der Waals surface area contributed by atoms with Crippen LogP contribution in [0.3, 0.4) is 0 Å². The molecule has 0 aromatic carbocycles. The predicted octanol–water partition coefficient (Wildman–Crippen LogP) is 1.71. The van der Waals surface area contributed by atoms with Gasteiger partial charge in [0.05, 0.1) is 18.4 Å². The molecule has 0 atom stereocenters. The van der Waals surface area contributed by atoms with E-state index in [-0.39, 0.29) is 5.97 Å². The SMILES string of the molecule is COC(=O)c1ccc(CNCCCSC)nc1. The van der Waals surface area contributed by atoms with Crippen LogP contribution in [0.1, 0.15) is 22.5 Å². The quantitative estimate of drug-likeness (QED) is 0.593. The number of carbonyl (C=O) groups excluding carboxylic acids is 1. The summed E-state index contributed by atoms with van der Waals surface area (Å²) < 4.78 is 4.60. The number of hydrogen-bond acceptors (Lipinski definition) is 5. The van der Waals surface area contributed by atoms with Gasteiger partial charge < -0.3 is 10.1 Å². The number of pyridine rings is 1. The molecule has 0 amide bonds. The average Bonchev–Trinajstić information content (AvgIpc) is 2.38. The lowest BCUT2D eigenvalue weighted by Crippen LogP contribution is -2.16. The Labute approximate surface area is 106 Å². The van der Waals surface area contributed by atoms with Gasteiger partial charge in [0.2, 0.25) is 0 Å². The summed E-state index contributed by atoms with van der Waals surface area (Å²) in [4.78, 5) is 15.4. The van der Waals surface area contributed by atoms with Gasteiger partial charge in [-0.15, -0.1) is 0 Å².